The van der Waals surface area contributed by atoms with E-state index in [2.05, 4.69) is 20.9 Å². The molecule has 4 amide bonds. The van der Waals surface area contributed by atoms with Crippen molar-refractivity contribution in [3.63, 3.8) is 0 Å². The molecule has 9 N–H and O–H groups in total. The topological polar surface area (TPSA) is 210 Å². The molecule has 0 spiro atoms. The third kappa shape index (κ3) is 8.08. The van der Waals surface area contributed by atoms with Gasteiger partial charge in [0, 0.05) is 29.9 Å². The zero-order valence-corrected chi connectivity index (χ0v) is 20.4. The number of aromatic amines is 1. The monoisotopic (exact) mass is 502 g/mol. The van der Waals surface area contributed by atoms with Crippen molar-refractivity contribution in [3.8, 4) is 0 Å². The summed E-state index contributed by atoms with van der Waals surface area (Å²) in [5, 5.41) is 17.9. The van der Waals surface area contributed by atoms with Gasteiger partial charge in [0.15, 0.2) is 0 Å². The summed E-state index contributed by atoms with van der Waals surface area (Å²) >= 11 is 0. The van der Waals surface area contributed by atoms with Crippen LogP contribution in [0.25, 0.3) is 10.9 Å². The molecule has 0 fully saturated rings. The van der Waals surface area contributed by atoms with Gasteiger partial charge in [-0.05, 0) is 24.0 Å². The maximum atomic E-state index is 13.1. The fourth-order valence-corrected chi connectivity index (χ4v) is 3.64. The van der Waals surface area contributed by atoms with Gasteiger partial charge in [0.1, 0.15) is 12.1 Å². The van der Waals surface area contributed by atoms with E-state index in [-0.39, 0.29) is 25.2 Å². The zero-order chi connectivity index (χ0) is 26.8. The number of primary amides is 1. The lowest BCUT2D eigenvalue weighted by atomic mass is 9.98. The number of aliphatic carboxylic acids is 1. The van der Waals surface area contributed by atoms with Crippen LogP contribution in [0.2, 0.25) is 0 Å². The summed E-state index contributed by atoms with van der Waals surface area (Å²) in [6.45, 7) is 3.06. The van der Waals surface area contributed by atoms with E-state index < -0.39 is 54.3 Å². The van der Waals surface area contributed by atoms with Gasteiger partial charge < -0.3 is 37.5 Å². The number of carboxylic acids is 1. The van der Waals surface area contributed by atoms with Gasteiger partial charge in [-0.3, -0.25) is 19.2 Å². The van der Waals surface area contributed by atoms with Crippen LogP contribution in [0.3, 0.4) is 0 Å². The number of nitrogens with two attached hydrogens (primary N) is 2. The molecule has 1 aromatic heterocycles. The average Bonchev–Trinajstić information content (AvgIpc) is 3.25. The van der Waals surface area contributed by atoms with Gasteiger partial charge in [-0.15, -0.1) is 0 Å². The molecule has 4 unspecified atom stereocenters. The Labute approximate surface area is 208 Å². The van der Waals surface area contributed by atoms with Crippen molar-refractivity contribution < 1.29 is 29.1 Å². The number of benzene rings is 1. The summed E-state index contributed by atoms with van der Waals surface area (Å²) in [4.78, 5) is 63.5. The number of aromatic nitrogens is 1. The molecule has 2 rings (SSSR count). The highest BCUT2D eigenvalue weighted by Crippen LogP contribution is 2.19. The summed E-state index contributed by atoms with van der Waals surface area (Å²) in [6.07, 6.45) is 2.29. The largest absolute Gasteiger partial charge is 0.480 e. The molecule has 0 bridgehead atoms. The minimum Gasteiger partial charge on any atom is -0.480 e. The number of carboxylic acid groups (broad SMARTS) is 1. The number of rotatable bonds is 14. The summed E-state index contributed by atoms with van der Waals surface area (Å²) in [5.41, 5.74) is 12.3. The van der Waals surface area contributed by atoms with E-state index in [0.29, 0.717) is 6.42 Å². The van der Waals surface area contributed by atoms with Crippen LogP contribution >= 0.6 is 0 Å². The van der Waals surface area contributed by atoms with Gasteiger partial charge in [0.2, 0.25) is 23.6 Å². The molecule has 12 nitrogen and oxygen atoms in total. The third-order valence-electron chi connectivity index (χ3n) is 5.99. The predicted octanol–water partition coefficient (Wildman–Crippen LogP) is -0.480. The van der Waals surface area contributed by atoms with Gasteiger partial charge in [0.25, 0.3) is 0 Å². The van der Waals surface area contributed by atoms with Gasteiger partial charge in [-0.2, -0.15) is 0 Å². The van der Waals surface area contributed by atoms with E-state index in [1.54, 1.807) is 13.1 Å². The molecule has 4 atom stereocenters. The summed E-state index contributed by atoms with van der Waals surface area (Å²) in [7, 11) is 0. The number of carbonyl (C=O) groups is 5. The predicted molar refractivity (Wildman–Crippen MR) is 132 cm³/mol. The Balaban J connectivity index is 2.13. The Kier molecular flexibility index (Phi) is 10.4. The molecule has 196 valence electrons. The number of hydrogen-bond donors (Lipinski definition) is 7. The molecular formula is C24H34N6O6. The number of hydrogen-bond acceptors (Lipinski definition) is 6. The number of H-pyrrole nitrogens is 1. The molecule has 1 heterocycles. The first kappa shape index (κ1) is 28.3. The standard InChI is InChI=1S/C24H34N6O6/c1-3-13(2)21(24(35)36)30-23(34)18(10-14-11-27-17-7-5-4-6-15(14)17)29-20(32)12-28-22(33)16(25)8-9-19(26)31/h4-7,11,13,16,18,21,27H,3,8-10,12,25H2,1-2H3,(H2,26,31)(H,28,33)(H,29,32)(H,30,34)(H,35,36). The smallest absolute Gasteiger partial charge is 0.326 e. The van der Waals surface area contributed by atoms with Gasteiger partial charge in [-0.25, -0.2) is 4.79 Å². The van der Waals surface area contributed by atoms with E-state index in [1.807, 2.05) is 31.2 Å². The van der Waals surface area contributed by atoms with Gasteiger partial charge in [0.05, 0.1) is 12.6 Å². The Hall–Kier alpha value is -3.93. The van der Waals surface area contributed by atoms with Crippen LogP contribution in [0.5, 0.6) is 0 Å². The lowest BCUT2D eigenvalue weighted by Gasteiger charge is -2.24. The molecule has 0 saturated carbocycles. The first-order valence-electron chi connectivity index (χ1n) is 11.7. The molecule has 12 heteroatoms. The molecule has 2 aromatic rings. The molecule has 0 saturated heterocycles. The number of fused-ring (bicyclic) bond motifs is 1. The van der Waals surface area contributed by atoms with E-state index in [4.69, 9.17) is 11.5 Å². The Bertz CT molecular complexity index is 1100. The van der Waals surface area contributed by atoms with Crippen LogP contribution in [0.15, 0.2) is 30.5 Å². The lowest BCUT2D eigenvalue weighted by molar-refractivity contribution is -0.143. The van der Waals surface area contributed by atoms with E-state index in [1.165, 1.54) is 0 Å². The lowest BCUT2D eigenvalue weighted by Crippen LogP contribution is -2.55. The Morgan fingerprint density at radius 2 is 1.78 bits per heavy atom. The molecular weight excluding hydrogens is 468 g/mol. The Morgan fingerprint density at radius 3 is 2.42 bits per heavy atom. The molecule has 0 radical (unpaired) electrons. The third-order valence-corrected chi connectivity index (χ3v) is 5.99. The van der Waals surface area contributed by atoms with Crippen molar-refractivity contribution >= 4 is 40.5 Å². The van der Waals surface area contributed by atoms with Crippen molar-refractivity contribution in [2.75, 3.05) is 6.54 Å². The molecule has 0 aliphatic rings. The second-order valence-electron chi connectivity index (χ2n) is 8.72. The minimum absolute atomic E-state index is 0.0283. The molecule has 1 aromatic carbocycles. The highest BCUT2D eigenvalue weighted by atomic mass is 16.4. The highest BCUT2D eigenvalue weighted by Gasteiger charge is 2.30. The van der Waals surface area contributed by atoms with E-state index in [9.17, 15) is 29.1 Å². The molecule has 36 heavy (non-hydrogen) atoms. The number of carbonyl (C=O) groups excluding carboxylic acids is 4. The maximum Gasteiger partial charge on any atom is 0.326 e. The summed E-state index contributed by atoms with van der Waals surface area (Å²) < 4.78 is 0. The van der Waals surface area contributed by atoms with Crippen LogP contribution in [0.1, 0.15) is 38.7 Å². The van der Waals surface area contributed by atoms with Crippen molar-refractivity contribution in [1.82, 2.24) is 20.9 Å². The fraction of sp³-hybridized carbons (Fsp3) is 0.458. The van der Waals surface area contributed by atoms with Crippen LogP contribution < -0.4 is 27.4 Å². The van der Waals surface area contributed by atoms with Crippen molar-refractivity contribution in [3.05, 3.63) is 36.0 Å². The average molecular weight is 503 g/mol. The second-order valence-corrected chi connectivity index (χ2v) is 8.72. The van der Waals surface area contributed by atoms with Crippen LogP contribution in [-0.4, -0.2) is 64.4 Å². The van der Waals surface area contributed by atoms with E-state index in [0.717, 1.165) is 16.5 Å². The van der Waals surface area contributed by atoms with E-state index >= 15 is 0 Å². The van der Waals surface area contributed by atoms with Crippen molar-refractivity contribution in [2.24, 2.45) is 17.4 Å². The number of para-hydroxylation sites is 1. The van der Waals surface area contributed by atoms with Gasteiger partial charge in [-0.1, -0.05) is 38.5 Å². The Morgan fingerprint density at radius 1 is 1.08 bits per heavy atom. The zero-order valence-electron chi connectivity index (χ0n) is 20.4. The van der Waals surface area contributed by atoms with Gasteiger partial charge >= 0.3 is 5.97 Å². The first-order chi connectivity index (χ1) is 17.0. The molecule has 0 aliphatic carbocycles. The first-order valence-corrected chi connectivity index (χ1v) is 11.7. The maximum absolute atomic E-state index is 13.1. The SMILES string of the molecule is CCC(C)C(NC(=O)C(Cc1c[nH]c2ccccc12)NC(=O)CNC(=O)C(N)CCC(N)=O)C(=O)O. The van der Waals surface area contributed by atoms with Crippen LogP contribution in [-0.2, 0) is 30.4 Å². The van der Waals surface area contributed by atoms with Crippen LogP contribution in [0.4, 0.5) is 0 Å². The number of amides is 4. The summed E-state index contributed by atoms with van der Waals surface area (Å²) in [5.74, 6) is -4.08. The number of nitrogens with one attached hydrogen (secondary N) is 4. The fourth-order valence-electron chi connectivity index (χ4n) is 3.64. The van der Waals surface area contributed by atoms with Crippen molar-refractivity contribution in [2.45, 2.75) is 57.7 Å². The second kappa shape index (κ2) is 13.2. The highest BCUT2D eigenvalue weighted by molar-refractivity contribution is 5.93. The molecule has 0 aliphatic heterocycles. The quantitative estimate of drug-likeness (QED) is 0.180. The van der Waals surface area contributed by atoms with Crippen molar-refractivity contribution in [1.29, 1.82) is 0 Å². The van der Waals surface area contributed by atoms with Crippen LogP contribution in [0, 0.1) is 5.92 Å². The normalized spacial score (nSPS) is 14.3. The minimum atomic E-state index is -1.17. The summed E-state index contributed by atoms with van der Waals surface area (Å²) in [6, 6.07) is 4.17.